The van der Waals surface area contributed by atoms with Crippen LogP contribution in [0.4, 0.5) is 0 Å². The van der Waals surface area contributed by atoms with Crippen LogP contribution in [-0.4, -0.2) is 17.4 Å². The molecule has 0 aliphatic carbocycles. The van der Waals surface area contributed by atoms with E-state index in [-0.39, 0.29) is 5.91 Å². The largest absolute Gasteiger partial charge is 0.350 e. The monoisotopic (exact) mass is 294 g/mol. The molecule has 3 nitrogen and oxygen atoms in total. The van der Waals surface area contributed by atoms with E-state index in [0.29, 0.717) is 11.6 Å². The first-order valence-corrected chi connectivity index (χ1v) is 8.28. The van der Waals surface area contributed by atoms with E-state index in [2.05, 4.69) is 24.1 Å². The Morgan fingerprint density at radius 2 is 2.16 bits per heavy atom. The van der Waals surface area contributed by atoms with Gasteiger partial charge in [-0.1, -0.05) is 32.8 Å². The maximum atomic E-state index is 12.0. The van der Waals surface area contributed by atoms with Crippen molar-refractivity contribution in [2.45, 2.75) is 26.7 Å². The second kappa shape index (κ2) is 6.82. The van der Waals surface area contributed by atoms with E-state index in [1.807, 2.05) is 22.9 Å². The number of carbonyl (C=O) groups is 1. The predicted octanol–water partition coefficient (Wildman–Crippen LogP) is 4.04. The molecule has 0 unspecified atom stereocenters. The van der Waals surface area contributed by atoms with Gasteiger partial charge < -0.3 is 5.32 Å². The van der Waals surface area contributed by atoms with Crippen LogP contribution in [0.1, 0.15) is 37.2 Å². The summed E-state index contributed by atoms with van der Waals surface area (Å²) in [4.78, 5) is 17.5. The minimum Gasteiger partial charge on any atom is -0.350 e. The summed E-state index contributed by atoms with van der Waals surface area (Å²) in [5, 5.41) is 7.74. The van der Waals surface area contributed by atoms with Gasteiger partial charge in [-0.2, -0.15) is 0 Å². The lowest BCUT2D eigenvalue weighted by atomic mass is 10.0. The Hall–Kier alpha value is -1.20. The molecule has 0 fully saturated rings. The molecule has 0 saturated heterocycles. The van der Waals surface area contributed by atoms with Crippen molar-refractivity contribution in [2.24, 2.45) is 5.92 Å². The molecule has 0 bridgehead atoms. The topological polar surface area (TPSA) is 42.0 Å². The van der Waals surface area contributed by atoms with Crippen LogP contribution in [0, 0.1) is 5.92 Å². The van der Waals surface area contributed by atoms with Gasteiger partial charge in [-0.25, -0.2) is 4.98 Å². The van der Waals surface area contributed by atoms with Gasteiger partial charge in [0, 0.05) is 11.9 Å². The second-order valence-corrected chi connectivity index (χ2v) is 6.21. The van der Waals surface area contributed by atoms with Crippen LogP contribution in [-0.2, 0) is 0 Å². The quantitative estimate of drug-likeness (QED) is 0.873. The number of carbonyl (C=O) groups excluding carboxylic acids is 1. The second-order valence-electron chi connectivity index (χ2n) is 4.41. The first kappa shape index (κ1) is 14.2. The molecule has 0 spiro atoms. The number of thiazole rings is 1. The van der Waals surface area contributed by atoms with Gasteiger partial charge in [-0.05, 0) is 17.4 Å². The summed E-state index contributed by atoms with van der Waals surface area (Å²) in [6.07, 6.45) is 2.18. The molecule has 2 aromatic heterocycles. The molecule has 1 amide bonds. The van der Waals surface area contributed by atoms with E-state index in [9.17, 15) is 4.79 Å². The summed E-state index contributed by atoms with van der Waals surface area (Å²) in [6.45, 7) is 5.04. The number of hydrogen-bond acceptors (Lipinski definition) is 4. The van der Waals surface area contributed by atoms with Gasteiger partial charge in [0.15, 0.2) is 0 Å². The van der Waals surface area contributed by atoms with Crippen LogP contribution in [0.3, 0.4) is 0 Å². The molecule has 0 aliphatic rings. The van der Waals surface area contributed by atoms with Crippen LogP contribution in [0.15, 0.2) is 22.9 Å². The number of thiophene rings is 1. The maximum absolute atomic E-state index is 12.0. The Balaban J connectivity index is 1.97. The van der Waals surface area contributed by atoms with Crippen molar-refractivity contribution in [3.8, 4) is 9.88 Å². The van der Waals surface area contributed by atoms with Crippen molar-refractivity contribution in [2.75, 3.05) is 6.54 Å². The van der Waals surface area contributed by atoms with Gasteiger partial charge in [0.05, 0.1) is 4.88 Å². The zero-order valence-corrected chi connectivity index (χ0v) is 12.8. The first-order valence-electron chi connectivity index (χ1n) is 6.52. The Morgan fingerprint density at radius 3 is 2.79 bits per heavy atom. The lowest BCUT2D eigenvalue weighted by molar-refractivity contribution is 0.0942. The number of nitrogens with zero attached hydrogens (tertiary/aromatic N) is 1. The highest BCUT2D eigenvalue weighted by atomic mass is 32.1. The summed E-state index contributed by atoms with van der Waals surface area (Å²) in [6, 6.07) is 4.02. The fourth-order valence-corrected chi connectivity index (χ4v) is 3.41. The van der Waals surface area contributed by atoms with E-state index in [0.717, 1.165) is 29.3 Å². The van der Waals surface area contributed by atoms with Crippen molar-refractivity contribution in [3.63, 3.8) is 0 Å². The molecular formula is C14H18N2OS2. The lowest BCUT2D eigenvalue weighted by Gasteiger charge is -2.12. The van der Waals surface area contributed by atoms with Gasteiger partial charge in [0.25, 0.3) is 5.91 Å². The third-order valence-electron chi connectivity index (χ3n) is 3.17. The van der Waals surface area contributed by atoms with Crippen LogP contribution >= 0.6 is 22.7 Å². The molecule has 5 heteroatoms. The third-order valence-corrected chi connectivity index (χ3v) is 5.06. The Bertz CT molecular complexity index is 515. The molecular weight excluding hydrogens is 276 g/mol. The zero-order valence-electron chi connectivity index (χ0n) is 11.2. The van der Waals surface area contributed by atoms with Crippen LogP contribution < -0.4 is 5.32 Å². The average Bonchev–Trinajstić information content (AvgIpc) is 3.10. The number of hydrogen-bond donors (Lipinski definition) is 1. The van der Waals surface area contributed by atoms with Gasteiger partial charge >= 0.3 is 0 Å². The SMILES string of the molecule is CCC(CC)CNC(=O)c1csc(-c2cccs2)n1. The van der Waals surface area contributed by atoms with E-state index < -0.39 is 0 Å². The first-order chi connectivity index (χ1) is 9.24. The predicted molar refractivity (Wildman–Crippen MR) is 81.8 cm³/mol. The molecule has 0 aromatic carbocycles. The highest BCUT2D eigenvalue weighted by Crippen LogP contribution is 2.27. The van der Waals surface area contributed by atoms with Crippen molar-refractivity contribution in [1.29, 1.82) is 0 Å². The van der Waals surface area contributed by atoms with E-state index in [1.165, 1.54) is 11.3 Å². The van der Waals surface area contributed by atoms with Crippen molar-refractivity contribution in [1.82, 2.24) is 10.3 Å². The molecule has 0 saturated carbocycles. The van der Waals surface area contributed by atoms with Crippen molar-refractivity contribution in [3.05, 3.63) is 28.6 Å². The summed E-state index contributed by atoms with van der Waals surface area (Å²) >= 11 is 3.16. The molecule has 0 atom stereocenters. The van der Waals surface area contributed by atoms with E-state index >= 15 is 0 Å². The Labute approximate surface area is 121 Å². The standard InChI is InChI=1S/C14H18N2OS2/c1-3-10(4-2)8-15-13(17)11-9-19-14(16-11)12-6-5-7-18-12/h5-7,9-10H,3-4,8H2,1-2H3,(H,15,17). The van der Waals surface area contributed by atoms with Crippen LogP contribution in [0.5, 0.6) is 0 Å². The summed E-state index contributed by atoms with van der Waals surface area (Å²) in [5.74, 6) is 0.491. The number of rotatable bonds is 6. The molecule has 19 heavy (non-hydrogen) atoms. The third kappa shape index (κ3) is 3.64. The fourth-order valence-electron chi connectivity index (χ4n) is 1.80. The smallest absolute Gasteiger partial charge is 0.270 e. The van der Waals surface area contributed by atoms with Crippen molar-refractivity contribution >= 4 is 28.6 Å². The lowest BCUT2D eigenvalue weighted by Crippen LogP contribution is -2.29. The van der Waals surface area contributed by atoms with E-state index in [4.69, 9.17) is 0 Å². The fraction of sp³-hybridized carbons (Fsp3) is 0.429. The van der Waals surface area contributed by atoms with Crippen LogP contribution in [0.25, 0.3) is 9.88 Å². The van der Waals surface area contributed by atoms with Gasteiger partial charge in [-0.3, -0.25) is 4.79 Å². The normalized spacial score (nSPS) is 10.9. The summed E-state index contributed by atoms with van der Waals surface area (Å²) < 4.78 is 0. The summed E-state index contributed by atoms with van der Waals surface area (Å²) in [7, 11) is 0. The number of aromatic nitrogens is 1. The molecule has 1 N–H and O–H groups in total. The van der Waals surface area contributed by atoms with Gasteiger partial charge in [0.1, 0.15) is 10.7 Å². The molecule has 2 heterocycles. The minimum absolute atomic E-state index is 0.0639. The molecule has 2 rings (SSSR count). The maximum Gasteiger partial charge on any atom is 0.270 e. The van der Waals surface area contributed by atoms with E-state index in [1.54, 1.807) is 11.3 Å². The molecule has 0 radical (unpaired) electrons. The molecule has 0 aliphatic heterocycles. The molecule has 2 aromatic rings. The average molecular weight is 294 g/mol. The number of amides is 1. The molecule has 102 valence electrons. The van der Waals surface area contributed by atoms with Gasteiger partial charge in [-0.15, -0.1) is 22.7 Å². The minimum atomic E-state index is -0.0639. The van der Waals surface area contributed by atoms with Crippen LogP contribution in [0.2, 0.25) is 0 Å². The highest BCUT2D eigenvalue weighted by molar-refractivity contribution is 7.20. The van der Waals surface area contributed by atoms with Gasteiger partial charge in [0.2, 0.25) is 0 Å². The summed E-state index contributed by atoms with van der Waals surface area (Å²) in [5.41, 5.74) is 0.527. The zero-order chi connectivity index (χ0) is 13.7. The Morgan fingerprint density at radius 1 is 1.37 bits per heavy atom. The number of nitrogens with one attached hydrogen (secondary N) is 1. The Kier molecular flexibility index (Phi) is 5.10. The highest BCUT2D eigenvalue weighted by Gasteiger charge is 2.13. The van der Waals surface area contributed by atoms with Crippen molar-refractivity contribution < 1.29 is 4.79 Å².